The lowest BCUT2D eigenvalue weighted by Crippen LogP contribution is -1.85. The van der Waals surface area contributed by atoms with Crippen molar-refractivity contribution < 1.29 is 4.18 Å². The Morgan fingerprint density at radius 1 is 1.80 bits per heavy atom. The van der Waals surface area contributed by atoms with E-state index in [-0.39, 0.29) is 0 Å². The van der Waals surface area contributed by atoms with Gasteiger partial charge < -0.3 is 4.18 Å². The van der Waals surface area contributed by atoms with Crippen molar-refractivity contribution in [1.29, 1.82) is 0 Å². The highest BCUT2D eigenvalue weighted by Crippen LogP contribution is 2.03. The maximum Gasteiger partial charge on any atom is 0.0894 e. The molecule has 1 heterocycles. The van der Waals surface area contributed by atoms with Gasteiger partial charge in [0.25, 0.3) is 0 Å². The van der Waals surface area contributed by atoms with Crippen LogP contribution in [0.1, 0.15) is 5.56 Å². The molecule has 0 saturated heterocycles. The van der Waals surface area contributed by atoms with Crippen molar-refractivity contribution in [3.8, 4) is 0 Å². The lowest BCUT2D eigenvalue weighted by molar-refractivity contribution is 0.366. The Hall–Kier alpha value is -0.480. The number of hydrogen-bond donors (Lipinski definition) is 0. The van der Waals surface area contributed by atoms with Crippen molar-refractivity contribution >= 4 is 12.0 Å². The summed E-state index contributed by atoms with van der Waals surface area (Å²) in [6, 6.07) is 0. The fourth-order valence-electron chi connectivity index (χ4n) is 0.673. The summed E-state index contributed by atoms with van der Waals surface area (Å²) in [5.74, 6) is 0. The van der Waals surface area contributed by atoms with E-state index in [4.69, 9.17) is 4.18 Å². The lowest BCUT2D eigenvalue weighted by Gasteiger charge is -1.92. The van der Waals surface area contributed by atoms with Crippen LogP contribution in [0.15, 0.2) is 12.4 Å². The van der Waals surface area contributed by atoms with Gasteiger partial charge in [-0.3, -0.25) is 4.68 Å². The first-order valence-electron chi connectivity index (χ1n) is 2.96. The summed E-state index contributed by atoms with van der Waals surface area (Å²) in [5, 5.41) is 4.00. The van der Waals surface area contributed by atoms with Gasteiger partial charge in [0.1, 0.15) is 0 Å². The lowest BCUT2D eigenvalue weighted by atomic mass is 10.4. The SMILES string of the molecule is CSOCc1cnn(C)c1. The molecule has 1 aromatic rings. The smallest absolute Gasteiger partial charge is 0.0894 e. The maximum atomic E-state index is 5.10. The van der Waals surface area contributed by atoms with Crippen LogP contribution in [0.25, 0.3) is 0 Å². The quantitative estimate of drug-likeness (QED) is 0.619. The average Bonchev–Trinajstić information content (AvgIpc) is 2.31. The minimum absolute atomic E-state index is 0.634. The van der Waals surface area contributed by atoms with Crippen LogP contribution < -0.4 is 0 Å². The highest BCUT2D eigenvalue weighted by molar-refractivity contribution is 7.93. The second-order valence-corrected chi connectivity index (χ2v) is 2.52. The van der Waals surface area contributed by atoms with Gasteiger partial charge in [0.05, 0.1) is 12.8 Å². The fourth-order valence-corrected chi connectivity index (χ4v) is 0.927. The average molecular weight is 158 g/mol. The van der Waals surface area contributed by atoms with Gasteiger partial charge >= 0.3 is 0 Å². The molecule has 0 aliphatic carbocycles. The fraction of sp³-hybridized carbons (Fsp3) is 0.500. The first-order chi connectivity index (χ1) is 4.83. The molecule has 0 atom stereocenters. The Bertz CT molecular complexity index is 199. The molecule has 0 unspecified atom stereocenters. The predicted molar refractivity (Wildman–Crippen MR) is 41.5 cm³/mol. The molecule has 0 saturated carbocycles. The van der Waals surface area contributed by atoms with Gasteiger partial charge in [0.15, 0.2) is 0 Å². The second kappa shape index (κ2) is 3.63. The monoisotopic (exact) mass is 158 g/mol. The molecule has 0 bridgehead atoms. The predicted octanol–water partition coefficient (Wildman–Crippen LogP) is 1.21. The molecule has 0 amide bonds. The standard InChI is InChI=1S/C6H10N2OS/c1-8-4-6(3-7-8)5-9-10-2/h3-4H,5H2,1-2H3. The van der Waals surface area contributed by atoms with Gasteiger partial charge in [-0.2, -0.15) is 5.10 Å². The van der Waals surface area contributed by atoms with E-state index in [9.17, 15) is 0 Å². The van der Waals surface area contributed by atoms with Crippen LogP contribution in [0.3, 0.4) is 0 Å². The summed E-state index contributed by atoms with van der Waals surface area (Å²) in [4.78, 5) is 0. The molecule has 4 heteroatoms. The van der Waals surface area contributed by atoms with Crippen molar-refractivity contribution in [2.24, 2.45) is 7.05 Å². The van der Waals surface area contributed by atoms with Gasteiger partial charge in [0, 0.05) is 25.1 Å². The third-order valence-electron chi connectivity index (χ3n) is 1.10. The van der Waals surface area contributed by atoms with E-state index < -0.39 is 0 Å². The zero-order chi connectivity index (χ0) is 7.40. The van der Waals surface area contributed by atoms with Crippen LogP contribution in [0.5, 0.6) is 0 Å². The van der Waals surface area contributed by atoms with Crippen molar-refractivity contribution in [3.05, 3.63) is 18.0 Å². The number of aryl methyl sites for hydroxylation is 1. The highest BCUT2D eigenvalue weighted by Gasteiger charge is 1.93. The van der Waals surface area contributed by atoms with E-state index in [0.29, 0.717) is 6.61 Å². The first-order valence-corrected chi connectivity index (χ1v) is 4.11. The van der Waals surface area contributed by atoms with Crippen molar-refractivity contribution in [2.75, 3.05) is 6.26 Å². The Balaban J connectivity index is 2.42. The molecular formula is C6H10N2OS. The third kappa shape index (κ3) is 2.04. The Morgan fingerprint density at radius 3 is 3.10 bits per heavy atom. The van der Waals surface area contributed by atoms with Gasteiger partial charge in [-0.15, -0.1) is 0 Å². The van der Waals surface area contributed by atoms with Crippen LogP contribution in [-0.4, -0.2) is 16.0 Å². The Morgan fingerprint density at radius 2 is 2.60 bits per heavy atom. The number of rotatable bonds is 3. The summed E-state index contributed by atoms with van der Waals surface area (Å²) in [6.45, 7) is 0.634. The van der Waals surface area contributed by atoms with Gasteiger partial charge in [-0.05, 0) is 12.0 Å². The molecule has 3 nitrogen and oxygen atoms in total. The minimum Gasteiger partial charge on any atom is -0.311 e. The van der Waals surface area contributed by atoms with Gasteiger partial charge in [-0.1, -0.05) is 0 Å². The molecule has 10 heavy (non-hydrogen) atoms. The van der Waals surface area contributed by atoms with Crippen molar-refractivity contribution in [2.45, 2.75) is 6.61 Å². The highest BCUT2D eigenvalue weighted by atomic mass is 32.2. The molecule has 1 rings (SSSR count). The Kier molecular flexibility index (Phi) is 2.77. The van der Waals surface area contributed by atoms with E-state index in [1.807, 2.05) is 19.5 Å². The first kappa shape index (κ1) is 7.63. The molecular weight excluding hydrogens is 148 g/mol. The summed E-state index contributed by atoms with van der Waals surface area (Å²) >= 11 is 1.37. The summed E-state index contributed by atoms with van der Waals surface area (Å²) < 4.78 is 6.86. The molecule has 0 fully saturated rings. The normalized spacial score (nSPS) is 10.2. The Labute approximate surface area is 64.6 Å². The molecule has 1 aromatic heterocycles. The largest absolute Gasteiger partial charge is 0.311 e. The second-order valence-electron chi connectivity index (χ2n) is 1.95. The summed E-state index contributed by atoms with van der Waals surface area (Å²) in [5.41, 5.74) is 1.11. The van der Waals surface area contributed by atoms with Crippen molar-refractivity contribution in [1.82, 2.24) is 9.78 Å². The van der Waals surface area contributed by atoms with E-state index in [0.717, 1.165) is 5.56 Å². The van der Waals surface area contributed by atoms with Gasteiger partial charge in [0.2, 0.25) is 0 Å². The van der Waals surface area contributed by atoms with E-state index >= 15 is 0 Å². The van der Waals surface area contributed by atoms with Gasteiger partial charge in [-0.25, -0.2) is 0 Å². The number of hydrogen-bond acceptors (Lipinski definition) is 3. The van der Waals surface area contributed by atoms with Crippen molar-refractivity contribution in [3.63, 3.8) is 0 Å². The number of nitrogens with zero attached hydrogens (tertiary/aromatic N) is 2. The maximum absolute atomic E-state index is 5.10. The van der Waals surface area contributed by atoms with E-state index in [2.05, 4.69) is 5.10 Å². The molecule has 0 aromatic carbocycles. The molecule has 0 radical (unpaired) electrons. The topological polar surface area (TPSA) is 27.1 Å². The molecule has 56 valence electrons. The van der Waals surface area contributed by atoms with Crippen LogP contribution in [0, 0.1) is 0 Å². The van der Waals surface area contributed by atoms with Crippen LogP contribution in [-0.2, 0) is 17.8 Å². The van der Waals surface area contributed by atoms with E-state index in [1.165, 1.54) is 12.0 Å². The van der Waals surface area contributed by atoms with Crippen LogP contribution in [0.4, 0.5) is 0 Å². The minimum atomic E-state index is 0.634. The third-order valence-corrected chi connectivity index (χ3v) is 1.46. The van der Waals surface area contributed by atoms with E-state index in [1.54, 1.807) is 10.9 Å². The molecule has 0 aliphatic rings. The molecule has 0 aliphatic heterocycles. The van der Waals surface area contributed by atoms with Crippen LogP contribution in [0.2, 0.25) is 0 Å². The molecule has 0 N–H and O–H groups in total. The number of aromatic nitrogens is 2. The summed E-state index contributed by atoms with van der Waals surface area (Å²) in [6.07, 6.45) is 5.64. The summed E-state index contributed by atoms with van der Waals surface area (Å²) in [7, 11) is 1.89. The zero-order valence-corrected chi connectivity index (χ0v) is 6.89. The van der Waals surface area contributed by atoms with Crippen LogP contribution >= 0.6 is 12.0 Å². The zero-order valence-electron chi connectivity index (χ0n) is 6.07. The molecule has 0 spiro atoms.